The fourth-order valence-electron chi connectivity index (χ4n) is 3.66. The summed E-state index contributed by atoms with van der Waals surface area (Å²) < 4.78 is 5.86. The van der Waals surface area contributed by atoms with E-state index >= 15 is 0 Å². The molecule has 2 aromatic heterocycles. The van der Waals surface area contributed by atoms with E-state index in [4.69, 9.17) is 21.8 Å². The first-order valence-electron chi connectivity index (χ1n) is 10.5. The highest BCUT2D eigenvalue weighted by Gasteiger charge is 2.23. The van der Waals surface area contributed by atoms with Gasteiger partial charge in [0.1, 0.15) is 0 Å². The van der Waals surface area contributed by atoms with Gasteiger partial charge in [-0.15, -0.1) is 0 Å². The molecule has 0 aliphatic heterocycles. The number of hydrazone groups is 1. The highest BCUT2D eigenvalue weighted by Crippen LogP contribution is 2.38. The zero-order chi connectivity index (χ0) is 23.5. The van der Waals surface area contributed by atoms with Crippen molar-refractivity contribution in [3.05, 3.63) is 107 Å². The van der Waals surface area contributed by atoms with Gasteiger partial charge in [-0.05, 0) is 34.9 Å². The zero-order valence-corrected chi connectivity index (χ0v) is 18.7. The van der Waals surface area contributed by atoms with E-state index in [0.717, 1.165) is 22.3 Å². The maximum Gasteiger partial charge on any atom is 0.309 e. The summed E-state index contributed by atoms with van der Waals surface area (Å²) in [6.45, 7) is 0. The molecule has 0 saturated heterocycles. The molecular formula is C27H19ClN4O2. The second-order valence-electron chi connectivity index (χ2n) is 7.56. The highest BCUT2D eigenvalue weighted by atomic mass is 35.5. The molecule has 5 rings (SSSR count). The Kier molecular flexibility index (Phi) is 5.81. The van der Waals surface area contributed by atoms with Crippen LogP contribution in [0.15, 0.2) is 101 Å². The molecule has 0 aliphatic rings. The smallest absolute Gasteiger partial charge is 0.309 e. The van der Waals surface area contributed by atoms with Gasteiger partial charge in [0.05, 0.1) is 23.0 Å². The van der Waals surface area contributed by atoms with E-state index in [1.807, 2.05) is 78.9 Å². The van der Waals surface area contributed by atoms with Crippen molar-refractivity contribution in [1.29, 1.82) is 0 Å². The normalized spacial score (nSPS) is 11.2. The van der Waals surface area contributed by atoms with E-state index in [9.17, 15) is 4.79 Å². The fraction of sp³-hybridized carbons (Fsp3) is 0. The standard InChI is InChI=1S/C27H19ClN4O2/c28-20-13-11-19(12-14-20)22-15-21(18-9-5-2-6-10-18)23-24(29)25(34-27(23)31-22)26(33)32-30-16-17-7-3-1-4-8-17/h1-16H,29H2,(H,32,33)/b30-16-. The van der Waals surface area contributed by atoms with Crippen molar-refractivity contribution in [2.75, 3.05) is 5.73 Å². The van der Waals surface area contributed by atoms with Gasteiger partial charge >= 0.3 is 5.91 Å². The maximum absolute atomic E-state index is 12.8. The predicted octanol–water partition coefficient (Wildman–Crippen LogP) is 6.16. The van der Waals surface area contributed by atoms with E-state index in [0.29, 0.717) is 16.1 Å². The van der Waals surface area contributed by atoms with Crippen LogP contribution in [0, 0.1) is 0 Å². The SMILES string of the molecule is Nc1c(C(=O)N/N=C\c2ccccc2)oc2nc(-c3ccc(Cl)cc3)cc(-c3ccccc3)c12. The quantitative estimate of drug-likeness (QED) is 0.239. The second-order valence-corrected chi connectivity index (χ2v) is 8.00. The lowest BCUT2D eigenvalue weighted by Gasteiger charge is -2.08. The summed E-state index contributed by atoms with van der Waals surface area (Å²) in [7, 11) is 0. The lowest BCUT2D eigenvalue weighted by molar-refractivity contribution is 0.0930. The largest absolute Gasteiger partial charge is 0.430 e. The number of rotatable bonds is 5. The number of carbonyl (C=O) groups is 1. The van der Waals surface area contributed by atoms with Crippen LogP contribution in [0.3, 0.4) is 0 Å². The number of aromatic nitrogens is 1. The Morgan fingerprint density at radius 2 is 1.62 bits per heavy atom. The lowest BCUT2D eigenvalue weighted by Crippen LogP contribution is -2.18. The number of fused-ring (bicyclic) bond motifs is 1. The third-order valence-corrected chi connectivity index (χ3v) is 5.56. The fourth-order valence-corrected chi connectivity index (χ4v) is 3.78. The number of anilines is 1. The van der Waals surface area contributed by atoms with Gasteiger partial charge < -0.3 is 10.2 Å². The third-order valence-electron chi connectivity index (χ3n) is 5.31. The Morgan fingerprint density at radius 1 is 0.941 bits per heavy atom. The van der Waals surface area contributed by atoms with Gasteiger partial charge in [0.15, 0.2) is 0 Å². The molecule has 0 atom stereocenters. The van der Waals surface area contributed by atoms with E-state index in [2.05, 4.69) is 15.5 Å². The first kappa shape index (κ1) is 21.4. The number of pyridine rings is 1. The molecule has 2 heterocycles. The molecule has 34 heavy (non-hydrogen) atoms. The van der Waals surface area contributed by atoms with Crippen molar-refractivity contribution in [3.63, 3.8) is 0 Å². The molecule has 1 amide bonds. The molecule has 0 bridgehead atoms. The minimum Gasteiger partial charge on any atom is -0.430 e. The molecule has 0 saturated carbocycles. The number of nitrogen functional groups attached to an aromatic ring is 1. The number of amides is 1. The van der Waals surface area contributed by atoms with Crippen molar-refractivity contribution in [2.45, 2.75) is 0 Å². The highest BCUT2D eigenvalue weighted by molar-refractivity contribution is 6.30. The van der Waals surface area contributed by atoms with Crippen molar-refractivity contribution >= 4 is 40.5 Å². The molecule has 6 nitrogen and oxygen atoms in total. The van der Waals surface area contributed by atoms with Gasteiger partial charge in [-0.25, -0.2) is 10.4 Å². The van der Waals surface area contributed by atoms with Crippen LogP contribution in [0.25, 0.3) is 33.5 Å². The van der Waals surface area contributed by atoms with Crippen molar-refractivity contribution in [1.82, 2.24) is 10.4 Å². The molecule has 5 aromatic rings. The van der Waals surface area contributed by atoms with Crippen LogP contribution >= 0.6 is 11.6 Å². The van der Waals surface area contributed by atoms with E-state index in [1.165, 1.54) is 0 Å². The number of nitrogens with zero attached hydrogens (tertiary/aromatic N) is 2. The number of furan rings is 1. The Bertz CT molecular complexity index is 1500. The third kappa shape index (κ3) is 4.27. The van der Waals surface area contributed by atoms with Gasteiger partial charge in [0, 0.05) is 10.6 Å². The Hall–Kier alpha value is -4.42. The number of nitrogens with one attached hydrogen (secondary N) is 1. The molecule has 0 spiro atoms. The minimum atomic E-state index is -0.560. The summed E-state index contributed by atoms with van der Waals surface area (Å²) in [6.07, 6.45) is 1.54. The van der Waals surface area contributed by atoms with E-state index in [-0.39, 0.29) is 17.2 Å². The first-order chi connectivity index (χ1) is 16.6. The van der Waals surface area contributed by atoms with Crippen LogP contribution in [0.5, 0.6) is 0 Å². The van der Waals surface area contributed by atoms with E-state index < -0.39 is 5.91 Å². The molecule has 3 aromatic carbocycles. The second kappa shape index (κ2) is 9.21. The Balaban J connectivity index is 1.58. The van der Waals surface area contributed by atoms with Crippen LogP contribution in [-0.4, -0.2) is 17.1 Å². The number of hydrogen-bond donors (Lipinski definition) is 2. The molecule has 0 fully saturated rings. The zero-order valence-electron chi connectivity index (χ0n) is 17.9. The van der Waals surface area contributed by atoms with Crippen LogP contribution in [-0.2, 0) is 0 Å². The maximum atomic E-state index is 12.8. The van der Waals surface area contributed by atoms with Crippen LogP contribution in [0.2, 0.25) is 5.02 Å². The van der Waals surface area contributed by atoms with Crippen LogP contribution < -0.4 is 11.2 Å². The lowest BCUT2D eigenvalue weighted by atomic mass is 9.99. The van der Waals surface area contributed by atoms with Crippen molar-refractivity contribution in [3.8, 4) is 22.4 Å². The summed E-state index contributed by atoms with van der Waals surface area (Å²) in [5, 5.41) is 5.21. The number of halogens is 1. The monoisotopic (exact) mass is 466 g/mol. The Morgan fingerprint density at radius 3 is 2.32 bits per heavy atom. The summed E-state index contributed by atoms with van der Waals surface area (Å²) in [4.78, 5) is 17.5. The van der Waals surface area contributed by atoms with Crippen molar-refractivity contribution < 1.29 is 9.21 Å². The van der Waals surface area contributed by atoms with Crippen LogP contribution in [0.4, 0.5) is 5.69 Å². The van der Waals surface area contributed by atoms with Gasteiger partial charge in [-0.1, -0.05) is 84.4 Å². The molecule has 166 valence electrons. The summed E-state index contributed by atoms with van der Waals surface area (Å²) in [5.41, 5.74) is 13.5. The summed E-state index contributed by atoms with van der Waals surface area (Å²) in [5.74, 6) is -0.604. The first-order valence-corrected chi connectivity index (χ1v) is 10.9. The summed E-state index contributed by atoms with van der Waals surface area (Å²) >= 11 is 6.05. The predicted molar refractivity (Wildman–Crippen MR) is 136 cm³/mol. The average Bonchev–Trinajstić information content (AvgIpc) is 3.21. The molecule has 3 N–H and O–H groups in total. The molecule has 7 heteroatoms. The number of hydrogen-bond acceptors (Lipinski definition) is 5. The van der Waals surface area contributed by atoms with Gasteiger partial charge in [0.25, 0.3) is 0 Å². The molecule has 0 unspecified atom stereocenters. The molecule has 0 radical (unpaired) electrons. The van der Waals surface area contributed by atoms with E-state index in [1.54, 1.807) is 18.3 Å². The molecule has 0 aliphatic carbocycles. The van der Waals surface area contributed by atoms with Gasteiger partial charge in [-0.2, -0.15) is 5.10 Å². The number of benzene rings is 3. The van der Waals surface area contributed by atoms with Gasteiger partial charge in [-0.3, -0.25) is 4.79 Å². The topological polar surface area (TPSA) is 93.5 Å². The minimum absolute atomic E-state index is 0.0434. The van der Waals surface area contributed by atoms with Crippen LogP contribution in [0.1, 0.15) is 16.1 Å². The van der Waals surface area contributed by atoms with Crippen molar-refractivity contribution in [2.24, 2.45) is 5.10 Å². The molecular weight excluding hydrogens is 448 g/mol. The summed E-state index contributed by atoms with van der Waals surface area (Å²) in [6, 6.07) is 28.4. The Labute approximate surface area is 200 Å². The van der Waals surface area contributed by atoms with Gasteiger partial charge in [0.2, 0.25) is 11.5 Å². The number of nitrogens with two attached hydrogens (primary N) is 1. The average molecular weight is 467 g/mol. The number of carbonyl (C=O) groups excluding carboxylic acids is 1.